The zero-order chi connectivity index (χ0) is 17.4. The molecule has 126 valence electrons. The van der Waals surface area contributed by atoms with Gasteiger partial charge < -0.3 is 4.74 Å². The standard InChI is InChI=1S/C19H15BrN2O2S/c1-2-24-19(23)17-15-11-25-16-9-8-12(20)10-14(16)18(15)22(21-17)13-6-4-3-5-7-13/h3-10H,2,11H2,1H3. The van der Waals surface area contributed by atoms with Gasteiger partial charge in [0.2, 0.25) is 0 Å². The molecule has 2 heterocycles. The van der Waals surface area contributed by atoms with Gasteiger partial charge in [-0.15, -0.1) is 11.8 Å². The molecule has 0 N–H and O–H groups in total. The van der Waals surface area contributed by atoms with Crippen LogP contribution in [0.2, 0.25) is 0 Å². The third kappa shape index (κ3) is 2.89. The number of hydrogen-bond acceptors (Lipinski definition) is 4. The van der Waals surface area contributed by atoms with Gasteiger partial charge in [-0.2, -0.15) is 5.10 Å². The minimum atomic E-state index is -0.368. The maximum Gasteiger partial charge on any atom is 0.359 e. The molecule has 0 unspecified atom stereocenters. The normalized spacial score (nSPS) is 12.4. The van der Waals surface area contributed by atoms with Crippen LogP contribution in [0, 0.1) is 0 Å². The summed E-state index contributed by atoms with van der Waals surface area (Å²) >= 11 is 5.27. The highest BCUT2D eigenvalue weighted by molar-refractivity contribution is 9.10. The SMILES string of the molecule is CCOC(=O)c1nn(-c2ccccc2)c2c1CSc1ccc(Br)cc1-2. The summed E-state index contributed by atoms with van der Waals surface area (Å²) in [5, 5.41) is 4.62. The Morgan fingerprint density at radius 3 is 2.84 bits per heavy atom. The van der Waals surface area contributed by atoms with Crippen molar-refractivity contribution in [3.8, 4) is 16.9 Å². The number of benzene rings is 2. The van der Waals surface area contributed by atoms with Crippen LogP contribution >= 0.6 is 27.7 Å². The Morgan fingerprint density at radius 2 is 2.08 bits per heavy atom. The summed E-state index contributed by atoms with van der Waals surface area (Å²) in [7, 11) is 0. The Hall–Kier alpha value is -2.05. The molecule has 0 spiro atoms. The first-order chi connectivity index (χ1) is 12.2. The molecular formula is C19H15BrN2O2S. The molecule has 25 heavy (non-hydrogen) atoms. The van der Waals surface area contributed by atoms with Crippen molar-refractivity contribution in [3.63, 3.8) is 0 Å². The predicted octanol–water partition coefficient (Wildman–Crippen LogP) is 5.08. The number of carbonyl (C=O) groups is 1. The second-order valence-corrected chi connectivity index (χ2v) is 7.51. The van der Waals surface area contributed by atoms with E-state index >= 15 is 0 Å². The largest absolute Gasteiger partial charge is 0.461 e. The van der Waals surface area contributed by atoms with Crippen molar-refractivity contribution in [1.29, 1.82) is 0 Å². The van der Waals surface area contributed by atoms with Gasteiger partial charge in [-0.05, 0) is 37.3 Å². The molecule has 3 aromatic rings. The van der Waals surface area contributed by atoms with Gasteiger partial charge in [0.05, 0.1) is 18.0 Å². The predicted molar refractivity (Wildman–Crippen MR) is 102 cm³/mol. The third-order valence-corrected chi connectivity index (χ3v) is 5.62. The van der Waals surface area contributed by atoms with Crippen molar-refractivity contribution >= 4 is 33.7 Å². The van der Waals surface area contributed by atoms with Crippen molar-refractivity contribution in [2.45, 2.75) is 17.6 Å². The summed E-state index contributed by atoms with van der Waals surface area (Å²) < 4.78 is 8.07. The molecule has 4 nitrogen and oxygen atoms in total. The maximum absolute atomic E-state index is 12.4. The van der Waals surface area contributed by atoms with Gasteiger partial charge in [0.25, 0.3) is 0 Å². The van der Waals surface area contributed by atoms with E-state index in [1.807, 2.05) is 41.1 Å². The lowest BCUT2D eigenvalue weighted by Gasteiger charge is -2.18. The molecule has 0 atom stereocenters. The van der Waals surface area contributed by atoms with Crippen LogP contribution in [-0.4, -0.2) is 22.4 Å². The van der Waals surface area contributed by atoms with Crippen molar-refractivity contribution in [3.05, 3.63) is 64.3 Å². The Kier molecular flexibility index (Phi) is 4.39. The number of para-hydroxylation sites is 1. The fourth-order valence-corrected chi connectivity index (χ4v) is 4.36. The first-order valence-electron chi connectivity index (χ1n) is 7.96. The van der Waals surface area contributed by atoms with E-state index in [9.17, 15) is 4.79 Å². The zero-order valence-electron chi connectivity index (χ0n) is 13.5. The molecule has 1 aliphatic rings. The van der Waals surface area contributed by atoms with Gasteiger partial charge in [0.15, 0.2) is 5.69 Å². The Labute approximate surface area is 158 Å². The molecule has 0 aliphatic carbocycles. The first kappa shape index (κ1) is 16.4. The van der Waals surface area contributed by atoms with Crippen LogP contribution in [0.1, 0.15) is 23.0 Å². The van der Waals surface area contributed by atoms with Crippen LogP contribution in [0.5, 0.6) is 0 Å². The second kappa shape index (κ2) is 6.69. The quantitative estimate of drug-likeness (QED) is 0.560. The molecule has 1 aliphatic heterocycles. The highest BCUT2D eigenvalue weighted by Crippen LogP contribution is 2.44. The Balaban J connectivity index is 1.98. The minimum absolute atomic E-state index is 0.334. The molecule has 6 heteroatoms. The van der Waals surface area contributed by atoms with E-state index in [0.717, 1.165) is 27.0 Å². The molecule has 0 fully saturated rings. The number of carbonyl (C=O) groups excluding carboxylic acids is 1. The number of rotatable bonds is 3. The summed E-state index contributed by atoms with van der Waals surface area (Å²) in [4.78, 5) is 13.6. The zero-order valence-corrected chi connectivity index (χ0v) is 15.9. The average molecular weight is 415 g/mol. The number of esters is 1. The number of halogens is 1. The van der Waals surface area contributed by atoms with Crippen LogP contribution in [-0.2, 0) is 10.5 Å². The van der Waals surface area contributed by atoms with Crippen molar-refractivity contribution < 1.29 is 9.53 Å². The van der Waals surface area contributed by atoms with E-state index in [0.29, 0.717) is 18.1 Å². The molecule has 0 saturated heterocycles. The van der Waals surface area contributed by atoms with Gasteiger partial charge >= 0.3 is 5.97 Å². The van der Waals surface area contributed by atoms with Crippen molar-refractivity contribution in [2.75, 3.05) is 6.61 Å². The van der Waals surface area contributed by atoms with E-state index < -0.39 is 0 Å². The van der Waals surface area contributed by atoms with E-state index in [4.69, 9.17) is 4.74 Å². The summed E-state index contributed by atoms with van der Waals surface area (Å²) in [6.45, 7) is 2.14. The van der Waals surface area contributed by atoms with E-state index in [1.54, 1.807) is 18.7 Å². The second-order valence-electron chi connectivity index (χ2n) is 5.57. The third-order valence-electron chi connectivity index (χ3n) is 4.02. The van der Waals surface area contributed by atoms with Gasteiger partial charge in [0, 0.05) is 26.2 Å². The molecular weight excluding hydrogens is 400 g/mol. The molecule has 0 saturated carbocycles. The Bertz CT molecular complexity index is 954. The fourth-order valence-electron chi connectivity index (χ4n) is 2.95. The summed E-state index contributed by atoms with van der Waals surface area (Å²) in [5.41, 5.74) is 4.29. The van der Waals surface area contributed by atoms with Crippen LogP contribution in [0.3, 0.4) is 0 Å². The number of ether oxygens (including phenoxy) is 1. The van der Waals surface area contributed by atoms with Crippen molar-refractivity contribution in [1.82, 2.24) is 9.78 Å². The van der Waals surface area contributed by atoms with Crippen LogP contribution in [0.4, 0.5) is 0 Å². The highest BCUT2D eigenvalue weighted by Gasteiger charge is 2.30. The summed E-state index contributed by atoms with van der Waals surface area (Å²) in [6, 6.07) is 16.1. The average Bonchev–Trinajstić information content (AvgIpc) is 3.03. The minimum Gasteiger partial charge on any atom is -0.461 e. The summed E-state index contributed by atoms with van der Waals surface area (Å²) in [6.07, 6.45) is 0. The summed E-state index contributed by atoms with van der Waals surface area (Å²) in [5.74, 6) is 0.331. The van der Waals surface area contributed by atoms with Crippen LogP contribution < -0.4 is 0 Å². The maximum atomic E-state index is 12.4. The van der Waals surface area contributed by atoms with Gasteiger partial charge in [-0.3, -0.25) is 0 Å². The number of fused-ring (bicyclic) bond motifs is 3. The van der Waals surface area contributed by atoms with Crippen molar-refractivity contribution in [2.24, 2.45) is 0 Å². The van der Waals surface area contributed by atoms with E-state index in [1.165, 1.54) is 4.90 Å². The lowest BCUT2D eigenvalue weighted by atomic mass is 10.1. The smallest absolute Gasteiger partial charge is 0.359 e. The topological polar surface area (TPSA) is 44.1 Å². The number of hydrogen-bond donors (Lipinski definition) is 0. The lowest BCUT2D eigenvalue weighted by molar-refractivity contribution is 0.0518. The highest BCUT2D eigenvalue weighted by atomic mass is 79.9. The van der Waals surface area contributed by atoms with Gasteiger partial charge in [-0.25, -0.2) is 9.48 Å². The number of aromatic nitrogens is 2. The van der Waals surface area contributed by atoms with E-state index in [-0.39, 0.29) is 5.97 Å². The molecule has 1 aromatic heterocycles. The molecule has 0 bridgehead atoms. The lowest BCUT2D eigenvalue weighted by Crippen LogP contribution is -2.08. The molecule has 2 aromatic carbocycles. The number of thioether (sulfide) groups is 1. The number of nitrogens with zero attached hydrogens (tertiary/aromatic N) is 2. The molecule has 0 radical (unpaired) electrons. The molecule has 4 rings (SSSR count). The van der Waals surface area contributed by atoms with Crippen LogP contribution in [0.25, 0.3) is 16.9 Å². The van der Waals surface area contributed by atoms with Crippen LogP contribution in [0.15, 0.2) is 57.9 Å². The monoisotopic (exact) mass is 414 g/mol. The Morgan fingerprint density at radius 1 is 1.28 bits per heavy atom. The first-order valence-corrected chi connectivity index (χ1v) is 9.74. The van der Waals surface area contributed by atoms with Gasteiger partial charge in [-0.1, -0.05) is 34.1 Å². The van der Waals surface area contributed by atoms with E-state index in [2.05, 4.69) is 33.2 Å². The fraction of sp³-hybridized carbons (Fsp3) is 0.158. The molecule has 0 amide bonds. The van der Waals surface area contributed by atoms with Gasteiger partial charge in [0.1, 0.15) is 0 Å².